The van der Waals surface area contributed by atoms with Crippen LogP contribution in [0.1, 0.15) is 36.2 Å². The highest BCUT2D eigenvalue weighted by Gasteiger charge is 2.24. The highest BCUT2D eigenvalue weighted by atomic mass is 16.2. The fourth-order valence-corrected chi connectivity index (χ4v) is 2.19. The molecule has 0 aliphatic rings. The largest absolute Gasteiger partial charge is 0.335 e. The van der Waals surface area contributed by atoms with Crippen molar-refractivity contribution in [1.29, 1.82) is 10.7 Å². The molecular weight excluding hydrogens is 278 g/mol. The lowest BCUT2D eigenvalue weighted by Crippen LogP contribution is -2.72. The Labute approximate surface area is 130 Å². The number of aryl methyl sites for hydroxylation is 1. The van der Waals surface area contributed by atoms with E-state index in [0.29, 0.717) is 24.2 Å². The van der Waals surface area contributed by atoms with Gasteiger partial charge in [-0.15, -0.1) is 0 Å². The number of benzene rings is 1. The van der Waals surface area contributed by atoms with Gasteiger partial charge in [-0.25, -0.2) is 0 Å². The number of hydrogen-bond donors (Lipinski definition) is 2. The summed E-state index contributed by atoms with van der Waals surface area (Å²) in [6.07, 6.45) is 2.74. The van der Waals surface area contributed by atoms with E-state index in [1.165, 1.54) is 6.21 Å². The first kappa shape index (κ1) is 17.5. The number of nitriles is 1. The Morgan fingerprint density at radius 2 is 2.32 bits per heavy atom. The van der Waals surface area contributed by atoms with E-state index in [9.17, 15) is 4.79 Å². The van der Waals surface area contributed by atoms with Crippen LogP contribution in [0.15, 0.2) is 23.3 Å². The van der Waals surface area contributed by atoms with Crippen molar-refractivity contribution < 1.29 is 10.2 Å². The summed E-state index contributed by atoms with van der Waals surface area (Å²) in [4.78, 5) is 14.5. The minimum Gasteiger partial charge on any atom is -0.335 e. The molecule has 0 heterocycles. The van der Waals surface area contributed by atoms with Gasteiger partial charge < -0.3 is 10.3 Å². The van der Waals surface area contributed by atoms with Gasteiger partial charge in [-0.05, 0) is 32.4 Å². The molecule has 0 saturated carbocycles. The topological polar surface area (TPSA) is 96.9 Å². The van der Waals surface area contributed by atoms with E-state index in [1.54, 1.807) is 10.3 Å². The van der Waals surface area contributed by atoms with Crippen molar-refractivity contribution in [3.8, 4) is 6.07 Å². The fourth-order valence-electron chi connectivity index (χ4n) is 2.19. The van der Waals surface area contributed by atoms with Crippen LogP contribution in [0, 0.1) is 23.7 Å². The van der Waals surface area contributed by atoms with E-state index in [1.807, 2.05) is 39.0 Å². The second-order valence-electron chi connectivity index (χ2n) is 4.99. The zero-order valence-electron chi connectivity index (χ0n) is 13.2. The van der Waals surface area contributed by atoms with E-state index < -0.39 is 0 Å². The van der Waals surface area contributed by atoms with Gasteiger partial charge in [0.25, 0.3) is 5.91 Å². The summed E-state index contributed by atoms with van der Waals surface area (Å²) in [5, 5.41) is 19.8. The molecule has 0 aliphatic carbocycles. The number of nitrogens with zero attached hydrogens (tertiary/aromatic N) is 3. The number of rotatable bonds is 7. The van der Waals surface area contributed by atoms with Gasteiger partial charge in [-0.3, -0.25) is 4.79 Å². The minimum absolute atomic E-state index is 0.106. The molecular formula is C16H22N5O+. The van der Waals surface area contributed by atoms with Crippen LogP contribution < -0.4 is 5.43 Å². The van der Waals surface area contributed by atoms with Crippen LogP contribution in [0.3, 0.4) is 0 Å². The standard InChI is InChI=1S/C16H21N5O/c1-4-21(13(3)7-8-17)16(22)14-11-12(2)5-6-15(14)20-19-10-9-18/h5-6,9-11,13,18,20H,4,7H2,1-3H3/p+1. The predicted octanol–water partition coefficient (Wildman–Crippen LogP) is 1.59. The van der Waals surface area contributed by atoms with Gasteiger partial charge in [0.15, 0.2) is 5.69 Å². The zero-order valence-corrected chi connectivity index (χ0v) is 13.2. The third-order valence-electron chi connectivity index (χ3n) is 3.33. The van der Waals surface area contributed by atoms with E-state index in [4.69, 9.17) is 10.7 Å². The minimum atomic E-state index is -0.138. The molecule has 116 valence electrons. The lowest BCUT2D eigenvalue weighted by Gasteiger charge is -2.26. The number of quaternary nitrogens is 1. The number of nitrogens with two attached hydrogens (primary N) is 1. The van der Waals surface area contributed by atoms with Crippen molar-refractivity contribution in [1.82, 2.24) is 4.90 Å². The summed E-state index contributed by atoms with van der Waals surface area (Å²) in [6.45, 7) is 6.24. The van der Waals surface area contributed by atoms with E-state index >= 15 is 0 Å². The maximum atomic E-state index is 12.8. The molecule has 22 heavy (non-hydrogen) atoms. The average Bonchev–Trinajstić information content (AvgIpc) is 2.49. The molecule has 0 aliphatic heterocycles. The van der Waals surface area contributed by atoms with Crippen LogP contribution in [0.25, 0.3) is 0 Å². The number of amides is 1. The fraction of sp³-hybridized carbons (Fsp3) is 0.375. The van der Waals surface area contributed by atoms with Crippen molar-refractivity contribution >= 4 is 24.0 Å². The van der Waals surface area contributed by atoms with Crippen LogP contribution in [0.5, 0.6) is 0 Å². The Morgan fingerprint density at radius 1 is 1.59 bits per heavy atom. The van der Waals surface area contributed by atoms with Crippen LogP contribution in [-0.2, 0) is 0 Å². The SMILES string of the molecule is CCN(C(=O)c1cc(C)ccc1[NH2+]N=CC=N)C(C)CC#N. The monoisotopic (exact) mass is 300 g/mol. The molecule has 1 unspecified atom stereocenters. The maximum absolute atomic E-state index is 12.8. The molecule has 1 rings (SSSR count). The smallest absolute Gasteiger partial charge is 0.260 e. The van der Waals surface area contributed by atoms with Gasteiger partial charge in [0, 0.05) is 24.9 Å². The predicted molar refractivity (Wildman–Crippen MR) is 86.4 cm³/mol. The molecule has 0 radical (unpaired) electrons. The summed E-state index contributed by atoms with van der Waals surface area (Å²) < 4.78 is 0. The van der Waals surface area contributed by atoms with Crippen LogP contribution in [0.4, 0.5) is 5.69 Å². The Morgan fingerprint density at radius 3 is 2.91 bits per heavy atom. The first-order chi connectivity index (χ1) is 10.5. The number of carbonyl (C=O) groups excluding carboxylic acids is 1. The first-order valence-corrected chi connectivity index (χ1v) is 7.19. The molecule has 1 aromatic carbocycles. The molecule has 1 aromatic rings. The summed E-state index contributed by atoms with van der Waals surface area (Å²) >= 11 is 0. The maximum Gasteiger partial charge on any atom is 0.260 e. The molecule has 0 aromatic heterocycles. The van der Waals surface area contributed by atoms with Gasteiger partial charge in [-0.1, -0.05) is 11.2 Å². The van der Waals surface area contributed by atoms with Gasteiger partial charge >= 0.3 is 0 Å². The van der Waals surface area contributed by atoms with Gasteiger partial charge in [0.1, 0.15) is 11.8 Å². The van der Waals surface area contributed by atoms with Crippen LogP contribution >= 0.6 is 0 Å². The third kappa shape index (κ3) is 4.50. The Bertz CT molecular complexity index is 603. The van der Waals surface area contributed by atoms with Crippen LogP contribution in [0.2, 0.25) is 0 Å². The highest BCUT2D eigenvalue weighted by Crippen LogP contribution is 2.17. The van der Waals surface area contributed by atoms with E-state index in [0.717, 1.165) is 11.8 Å². The van der Waals surface area contributed by atoms with Gasteiger partial charge in [0.05, 0.1) is 12.5 Å². The Kier molecular flexibility index (Phi) is 6.93. The number of nitrogens with one attached hydrogen (secondary N) is 1. The lowest BCUT2D eigenvalue weighted by molar-refractivity contribution is -0.577. The Balaban J connectivity index is 3.13. The lowest BCUT2D eigenvalue weighted by atomic mass is 10.1. The quantitative estimate of drug-likeness (QED) is 0.346. The van der Waals surface area contributed by atoms with Crippen molar-refractivity contribution in [3.63, 3.8) is 0 Å². The Hall–Kier alpha value is -2.52. The summed E-state index contributed by atoms with van der Waals surface area (Å²) in [7, 11) is 0. The first-order valence-electron chi connectivity index (χ1n) is 7.19. The van der Waals surface area contributed by atoms with Crippen LogP contribution in [-0.4, -0.2) is 35.8 Å². The molecule has 0 saturated heterocycles. The van der Waals surface area contributed by atoms with Crippen molar-refractivity contribution in [3.05, 3.63) is 29.3 Å². The van der Waals surface area contributed by atoms with Crippen molar-refractivity contribution in [2.24, 2.45) is 5.10 Å². The average molecular weight is 300 g/mol. The highest BCUT2D eigenvalue weighted by molar-refractivity contribution is 6.14. The van der Waals surface area contributed by atoms with Crippen molar-refractivity contribution in [2.75, 3.05) is 6.54 Å². The summed E-state index contributed by atoms with van der Waals surface area (Å²) in [5.41, 5.74) is 3.83. The molecule has 0 fully saturated rings. The van der Waals surface area contributed by atoms with Crippen molar-refractivity contribution in [2.45, 2.75) is 33.2 Å². The molecule has 6 heteroatoms. The molecule has 3 N–H and O–H groups in total. The van der Waals surface area contributed by atoms with Gasteiger partial charge in [0.2, 0.25) is 0 Å². The second kappa shape index (κ2) is 8.70. The molecule has 1 atom stereocenters. The van der Waals surface area contributed by atoms with Gasteiger partial charge in [-0.2, -0.15) is 10.7 Å². The third-order valence-corrected chi connectivity index (χ3v) is 3.33. The normalized spacial score (nSPS) is 11.9. The van der Waals surface area contributed by atoms with E-state index in [-0.39, 0.29) is 11.9 Å². The summed E-state index contributed by atoms with van der Waals surface area (Å²) in [5.74, 6) is -0.106. The molecule has 6 nitrogen and oxygen atoms in total. The molecule has 1 amide bonds. The molecule has 0 bridgehead atoms. The summed E-state index contributed by atoms with van der Waals surface area (Å²) in [6, 6.07) is 7.55. The second-order valence-corrected chi connectivity index (χ2v) is 4.99. The number of carbonyl (C=O) groups is 1. The zero-order chi connectivity index (χ0) is 16.5. The van der Waals surface area contributed by atoms with E-state index in [2.05, 4.69) is 11.2 Å². The molecule has 0 spiro atoms. The number of hydrogen-bond acceptors (Lipinski definition) is 4.